The number of nitrogens with one attached hydrogen (secondary N) is 2. The van der Waals surface area contributed by atoms with Crippen LogP contribution >= 0.6 is 34.8 Å². The third-order valence-electron chi connectivity index (χ3n) is 2.27. The number of carboxylic acids is 1. The Bertz CT molecular complexity index is 594. The zero-order valence-electron chi connectivity index (χ0n) is 10.3. The van der Waals surface area contributed by atoms with Crippen molar-refractivity contribution in [1.29, 1.82) is 0 Å². The smallest absolute Gasteiger partial charge is 0.326 e. The molecule has 10 heteroatoms. The predicted molar refractivity (Wildman–Crippen MR) is 78.9 cm³/mol. The summed E-state index contributed by atoms with van der Waals surface area (Å²) in [7, 11) is 0. The predicted octanol–water partition coefficient (Wildman–Crippen LogP) is 2.10. The molecule has 1 aromatic rings. The van der Waals surface area contributed by atoms with Gasteiger partial charge in [0.2, 0.25) is 5.91 Å². The zero-order chi connectivity index (χ0) is 16.2. The van der Waals surface area contributed by atoms with Crippen LogP contribution in [0.4, 0.5) is 10.5 Å². The molecule has 0 saturated carbocycles. The molecule has 0 aliphatic heterocycles. The summed E-state index contributed by atoms with van der Waals surface area (Å²) in [5, 5.41) is 13.7. The van der Waals surface area contributed by atoms with Crippen molar-refractivity contribution in [1.82, 2.24) is 5.32 Å². The van der Waals surface area contributed by atoms with Crippen LogP contribution < -0.4 is 16.4 Å². The molecule has 0 aromatic heterocycles. The summed E-state index contributed by atoms with van der Waals surface area (Å²) in [6, 6.07) is 0.280. The fraction of sp³-hybridized carbons (Fsp3) is 0.182. The van der Waals surface area contributed by atoms with Crippen LogP contribution in [0.3, 0.4) is 0 Å². The van der Waals surface area contributed by atoms with Gasteiger partial charge in [0.25, 0.3) is 0 Å². The number of amides is 3. The van der Waals surface area contributed by atoms with Gasteiger partial charge in [-0.25, -0.2) is 9.59 Å². The number of carboxylic acid groups (broad SMARTS) is 1. The number of rotatable bonds is 5. The molecule has 0 radical (unpaired) electrons. The van der Waals surface area contributed by atoms with Gasteiger partial charge < -0.3 is 21.5 Å². The minimum absolute atomic E-state index is 0.112. The number of hydrogen-bond acceptors (Lipinski definition) is 3. The maximum atomic E-state index is 11.7. The second-order valence-corrected chi connectivity index (χ2v) is 5.13. The number of carbonyl (C=O) groups is 3. The van der Waals surface area contributed by atoms with Crippen molar-refractivity contribution in [2.24, 2.45) is 5.73 Å². The van der Waals surface area contributed by atoms with Gasteiger partial charge in [-0.3, -0.25) is 4.79 Å². The average Bonchev–Trinajstić information content (AvgIpc) is 2.34. The number of halogens is 3. The highest BCUT2D eigenvalue weighted by Crippen LogP contribution is 2.32. The van der Waals surface area contributed by atoms with Crippen LogP contribution in [0, 0.1) is 0 Å². The largest absolute Gasteiger partial charge is 0.480 e. The Balaban J connectivity index is 2.79. The Morgan fingerprint density at radius 3 is 2.24 bits per heavy atom. The molecular weight excluding hydrogens is 344 g/mol. The minimum atomic E-state index is -1.45. The maximum absolute atomic E-state index is 11.7. The topological polar surface area (TPSA) is 122 Å². The van der Waals surface area contributed by atoms with Crippen LogP contribution in [0.2, 0.25) is 15.1 Å². The van der Waals surface area contributed by atoms with Crippen molar-refractivity contribution in [2.75, 3.05) is 5.32 Å². The third-order valence-corrected chi connectivity index (χ3v) is 3.30. The van der Waals surface area contributed by atoms with Crippen molar-refractivity contribution >= 4 is 58.4 Å². The molecule has 0 spiro atoms. The van der Waals surface area contributed by atoms with Gasteiger partial charge in [0, 0.05) is 0 Å². The highest BCUT2D eigenvalue weighted by molar-refractivity contribution is 6.44. The molecule has 1 rings (SSSR count). The van der Waals surface area contributed by atoms with Gasteiger partial charge in [0.05, 0.1) is 27.2 Å². The SMILES string of the molecule is NC(=O)C[C@H](NC(=O)Nc1cc(Cl)c(Cl)cc1Cl)C(=O)O. The summed E-state index contributed by atoms with van der Waals surface area (Å²) in [6.07, 6.45) is -0.544. The number of primary amides is 1. The quantitative estimate of drug-likeness (QED) is 0.605. The summed E-state index contributed by atoms with van der Waals surface area (Å²) in [6.45, 7) is 0. The Hall–Kier alpha value is -1.70. The second kappa shape index (κ2) is 7.35. The zero-order valence-corrected chi connectivity index (χ0v) is 12.6. The molecule has 0 fully saturated rings. The van der Waals surface area contributed by atoms with Crippen molar-refractivity contribution in [3.63, 3.8) is 0 Å². The van der Waals surface area contributed by atoms with E-state index in [1.165, 1.54) is 12.1 Å². The summed E-state index contributed by atoms with van der Waals surface area (Å²) >= 11 is 17.4. The van der Waals surface area contributed by atoms with Crippen molar-refractivity contribution < 1.29 is 19.5 Å². The van der Waals surface area contributed by atoms with Gasteiger partial charge in [-0.2, -0.15) is 0 Å². The van der Waals surface area contributed by atoms with E-state index < -0.39 is 30.4 Å². The van der Waals surface area contributed by atoms with E-state index in [1.54, 1.807) is 0 Å². The van der Waals surface area contributed by atoms with E-state index in [0.717, 1.165) is 0 Å². The average molecular weight is 355 g/mol. The molecule has 0 aliphatic rings. The second-order valence-electron chi connectivity index (χ2n) is 3.91. The number of hydrogen-bond donors (Lipinski definition) is 4. The summed E-state index contributed by atoms with van der Waals surface area (Å²) in [5.41, 5.74) is 5.02. The third kappa shape index (κ3) is 5.30. The molecule has 1 atom stereocenters. The number of urea groups is 1. The van der Waals surface area contributed by atoms with Crippen LogP contribution in [0.5, 0.6) is 0 Å². The normalized spacial score (nSPS) is 11.6. The maximum Gasteiger partial charge on any atom is 0.326 e. The Morgan fingerprint density at radius 2 is 1.71 bits per heavy atom. The molecule has 1 aromatic carbocycles. The molecule has 0 heterocycles. The van der Waals surface area contributed by atoms with E-state index in [4.69, 9.17) is 45.6 Å². The molecular formula is C11H10Cl3N3O4. The molecule has 0 saturated heterocycles. The number of carbonyl (C=O) groups excluding carboxylic acids is 2. The van der Waals surface area contributed by atoms with E-state index in [1.807, 2.05) is 0 Å². The molecule has 0 unspecified atom stereocenters. The van der Waals surface area contributed by atoms with Crippen LogP contribution in [-0.4, -0.2) is 29.1 Å². The van der Waals surface area contributed by atoms with Crippen molar-refractivity contribution in [2.45, 2.75) is 12.5 Å². The number of aliphatic carboxylic acids is 1. The Kier molecular flexibility index (Phi) is 6.07. The fourth-order valence-corrected chi connectivity index (χ4v) is 1.93. The Morgan fingerprint density at radius 1 is 1.14 bits per heavy atom. The van der Waals surface area contributed by atoms with Crippen molar-refractivity contribution in [3.05, 3.63) is 27.2 Å². The molecule has 0 aliphatic carbocycles. The first-order valence-corrected chi connectivity index (χ1v) is 6.57. The fourth-order valence-electron chi connectivity index (χ4n) is 1.34. The highest BCUT2D eigenvalue weighted by atomic mass is 35.5. The van der Waals surface area contributed by atoms with Gasteiger partial charge >= 0.3 is 12.0 Å². The van der Waals surface area contributed by atoms with Gasteiger partial charge in [-0.1, -0.05) is 34.8 Å². The van der Waals surface area contributed by atoms with E-state index >= 15 is 0 Å². The van der Waals surface area contributed by atoms with E-state index in [0.29, 0.717) is 0 Å². The lowest BCUT2D eigenvalue weighted by molar-refractivity contribution is -0.140. The summed E-state index contributed by atoms with van der Waals surface area (Å²) < 4.78 is 0. The van der Waals surface area contributed by atoms with Gasteiger partial charge in [0.15, 0.2) is 0 Å². The molecule has 5 N–H and O–H groups in total. The molecule has 0 bridgehead atoms. The van der Waals surface area contributed by atoms with E-state index in [-0.39, 0.29) is 20.8 Å². The summed E-state index contributed by atoms with van der Waals surface area (Å²) in [4.78, 5) is 33.3. The minimum Gasteiger partial charge on any atom is -0.480 e. The lowest BCUT2D eigenvalue weighted by Crippen LogP contribution is -2.45. The van der Waals surface area contributed by atoms with Gasteiger partial charge in [-0.15, -0.1) is 0 Å². The van der Waals surface area contributed by atoms with Crippen LogP contribution in [0.15, 0.2) is 12.1 Å². The molecule has 3 amide bonds. The lowest BCUT2D eigenvalue weighted by Gasteiger charge is -2.14. The molecule has 7 nitrogen and oxygen atoms in total. The van der Waals surface area contributed by atoms with Crippen LogP contribution in [0.1, 0.15) is 6.42 Å². The standard InChI is InChI=1S/C11H10Cl3N3O4/c12-4-1-6(14)7(2-5(4)13)16-11(21)17-8(10(19)20)3-9(15)18/h1-2,8H,3H2,(H2,15,18)(H,19,20)(H2,16,17,21)/t8-/m0/s1. The van der Waals surface area contributed by atoms with Crippen LogP contribution in [0.25, 0.3) is 0 Å². The van der Waals surface area contributed by atoms with Crippen LogP contribution in [-0.2, 0) is 9.59 Å². The summed E-state index contributed by atoms with van der Waals surface area (Å²) in [5.74, 6) is -2.26. The van der Waals surface area contributed by atoms with E-state index in [9.17, 15) is 14.4 Å². The van der Waals surface area contributed by atoms with Crippen molar-refractivity contribution in [3.8, 4) is 0 Å². The van der Waals surface area contributed by atoms with E-state index in [2.05, 4.69) is 10.6 Å². The monoisotopic (exact) mass is 353 g/mol. The number of anilines is 1. The molecule has 114 valence electrons. The van der Waals surface area contributed by atoms with Gasteiger partial charge in [-0.05, 0) is 12.1 Å². The number of nitrogens with two attached hydrogens (primary N) is 1. The lowest BCUT2D eigenvalue weighted by atomic mass is 10.2. The van der Waals surface area contributed by atoms with Gasteiger partial charge in [0.1, 0.15) is 6.04 Å². The first-order valence-electron chi connectivity index (χ1n) is 5.44. The highest BCUT2D eigenvalue weighted by Gasteiger charge is 2.22. The first kappa shape index (κ1) is 17.4. The Labute approximate surface area is 134 Å². The number of benzene rings is 1. The first-order chi connectivity index (χ1) is 9.70. The molecule has 21 heavy (non-hydrogen) atoms.